The average molecular weight is 345 g/mol. The molecular weight excluding hydrogens is 320 g/mol. The highest BCUT2D eigenvalue weighted by molar-refractivity contribution is 7.90. The Bertz CT molecular complexity index is 528. The van der Waals surface area contributed by atoms with Crippen LogP contribution in [0, 0.1) is 0 Å². The maximum Gasteiger partial charge on any atom is 0.298 e. The van der Waals surface area contributed by atoms with Crippen LogP contribution in [0.25, 0.3) is 0 Å². The van der Waals surface area contributed by atoms with E-state index in [9.17, 15) is 13.3 Å². The Labute approximate surface area is 140 Å². The zero-order valence-corrected chi connectivity index (χ0v) is 14.9. The minimum absolute atomic E-state index is 0.0444. The van der Waals surface area contributed by atoms with Crippen LogP contribution in [0.2, 0.25) is 0 Å². The molecule has 1 heterocycles. The zero-order chi connectivity index (χ0) is 17.3. The maximum atomic E-state index is 14.6. The van der Waals surface area contributed by atoms with E-state index in [1.54, 1.807) is 12.1 Å². The van der Waals surface area contributed by atoms with Crippen molar-refractivity contribution >= 4 is 11.4 Å². The van der Waals surface area contributed by atoms with Gasteiger partial charge in [-0.15, -0.1) is 4.72 Å². The summed E-state index contributed by atoms with van der Waals surface area (Å²) in [5.74, 6) is -3.00. The minimum atomic E-state index is -3.00. The predicted octanol–water partition coefficient (Wildman–Crippen LogP) is 4.07. The van der Waals surface area contributed by atoms with Gasteiger partial charge in [-0.05, 0) is 52.2 Å². The summed E-state index contributed by atoms with van der Waals surface area (Å²) in [6, 6.07) is 6.02. The van der Waals surface area contributed by atoms with Gasteiger partial charge in [-0.3, -0.25) is 0 Å². The van der Waals surface area contributed by atoms with Crippen molar-refractivity contribution in [3.05, 3.63) is 35.4 Å². The van der Waals surface area contributed by atoms with E-state index in [2.05, 4.69) is 4.72 Å². The molecule has 2 rings (SSSR count). The predicted molar refractivity (Wildman–Crippen MR) is 88.8 cm³/mol. The second-order valence-corrected chi connectivity index (χ2v) is 8.97. The molecule has 2 unspecified atom stereocenters. The molecule has 1 aromatic rings. The van der Waals surface area contributed by atoms with Crippen LogP contribution in [0.3, 0.4) is 0 Å². The summed E-state index contributed by atoms with van der Waals surface area (Å²) in [7, 11) is 0. The molecule has 3 nitrogen and oxygen atoms in total. The molecular formula is C17H25F2NO2S. The number of benzene rings is 1. The Kier molecular flexibility index (Phi) is 5.72. The molecule has 23 heavy (non-hydrogen) atoms. The fourth-order valence-electron chi connectivity index (χ4n) is 2.47. The number of halogens is 2. The number of nitrogens with one attached hydrogen (secondary N) is 1. The number of alkyl halides is 2. The van der Waals surface area contributed by atoms with Gasteiger partial charge >= 0.3 is 0 Å². The van der Waals surface area contributed by atoms with E-state index in [1.165, 1.54) is 12.1 Å². The average Bonchev–Trinajstić information content (AvgIpc) is 3.01. The van der Waals surface area contributed by atoms with Crippen molar-refractivity contribution < 1.29 is 18.1 Å². The topological polar surface area (TPSA) is 44.3 Å². The summed E-state index contributed by atoms with van der Waals surface area (Å²) in [6.07, 6.45) is -0.00799. The van der Waals surface area contributed by atoms with Gasteiger partial charge in [0.15, 0.2) is 0 Å². The summed E-state index contributed by atoms with van der Waals surface area (Å²) in [5, 5.41) is 0. The largest absolute Gasteiger partial charge is 0.598 e. The van der Waals surface area contributed by atoms with Crippen LogP contribution in [0.5, 0.6) is 0 Å². The third kappa shape index (κ3) is 4.44. The van der Waals surface area contributed by atoms with Gasteiger partial charge in [-0.25, -0.2) is 0 Å². The summed E-state index contributed by atoms with van der Waals surface area (Å²) in [6.45, 7) is 7.82. The molecule has 1 aromatic carbocycles. The van der Waals surface area contributed by atoms with E-state index in [0.29, 0.717) is 25.0 Å². The Hall–Kier alpha value is -0.690. The third-order valence-electron chi connectivity index (χ3n) is 3.95. The van der Waals surface area contributed by atoms with Gasteiger partial charge < -0.3 is 9.29 Å². The SMILES string of the molecule is C[C@H](N[S+]([O-])C(C)(C)C)c1cccc(C(F)(F)C2CCCO2)c1. The molecule has 0 aliphatic carbocycles. The molecule has 0 amide bonds. The summed E-state index contributed by atoms with van der Waals surface area (Å²) in [5.41, 5.74) is 0.648. The molecule has 0 spiro atoms. The maximum absolute atomic E-state index is 14.6. The smallest absolute Gasteiger partial charge is 0.298 e. The molecule has 0 radical (unpaired) electrons. The number of hydrogen-bond donors (Lipinski definition) is 1. The number of hydrogen-bond acceptors (Lipinski definition) is 3. The van der Waals surface area contributed by atoms with Gasteiger partial charge in [0, 0.05) is 23.5 Å². The molecule has 1 saturated heterocycles. The molecule has 1 aliphatic heterocycles. The lowest BCUT2D eigenvalue weighted by Crippen LogP contribution is -2.40. The van der Waals surface area contributed by atoms with E-state index >= 15 is 0 Å². The van der Waals surface area contributed by atoms with Gasteiger partial charge in [0.1, 0.15) is 10.9 Å². The van der Waals surface area contributed by atoms with Crippen molar-refractivity contribution in [2.24, 2.45) is 0 Å². The normalized spacial score (nSPS) is 22.1. The molecule has 1 fully saturated rings. The van der Waals surface area contributed by atoms with Crippen molar-refractivity contribution in [1.29, 1.82) is 0 Å². The lowest BCUT2D eigenvalue weighted by Gasteiger charge is -2.27. The van der Waals surface area contributed by atoms with Crippen molar-refractivity contribution in [3.63, 3.8) is 0 Å². The van der Waals surface area contributed by atoms with Crippen molar-refractivity contribution in [3.8, 4) is 0 Å². The Balaban J connectivity index is 2.16. The third-order valence-corrected chi connectivity index (χ3v) is 5.63. The molecule has 1 N–H and O–H groups in total. The fourth-order valence-corrected chi connectivity index (χ4v) is 3.28. The van der Waals surface area contributed by atoms with Crippen LogP contribution in [-0.4, -0.2) is 22.0 Å². The van der Waals surface area contributed by atoms with E-state index < -0.39 is 28.1 Å². The van der Waals surface area contributed by atoms with E-state index in [4.69, 9.17) is 4.74 Å². The first-order valence-electron chi connectivity index (χ1n) is 7.90. The van der Waals surface area contributed by atoms with E-state index in [0.717, 1.165) is 0 Å². The molecule has 6 heteroatoms. The molecule has 0 aromatic heterocycles. The number of rotatable bonds is 5. The Morgan fingerprint density at radius 2 is 2.04 bits per heavy atom. The second kappa shape index (κ2) is 7.05. The monoisotopic (exact) mass is 345 g/mol. The lowest BCUT2D eigenvalue weighted by atomic mass is 9.97. The Morgan fingerprint density at radius 1 is 1.35 bits per heavy atom. The second-order valence-electron chi connectivity index (χ2n) is 6.97. The highest BCUT2D eigenvalue weighted by Gasteiger charge is 2.44. The van der Waals surface area contributed by atoms with Gasteiger partial charge in [-0.2, -0.15) is 8.78 Å². The summed E-state index contributed by atoms with van der Waals surface area (Å²) >= 11 is -1.26. The first-order chi connectivity index (χ1) is 10.6. The molecule has 0 saturated carbocycles. The minimum Gasteiger partial charge on any atom is -0.598 e. The first-order valence-corrected chi connectivity index (χ1v) is 9.05. The summed E-state index contributed by atoms with van der Waals surface area (Å²) in [4.78, 5) is 0. The van der Waals surface area contributed by atoms with Crippen LogP contribution in [0.4, 0.5) is 8.78 Å². The molecule has 0 bridgehead atoms. The van der Waals surface area contributed by atoms with Crippen molar-refractivity contribution in [2.45, 2.75) is 63.4 Å². The van der Waals surface area contributed by atoms with Crippen LogP contribution in [0.15, 0.2) is 24.3 Å². The quantitative estimate of drug-likeness (QED) is 0.818. The molecule has 1 aliphatic rings. The highest BCUT2D eigenvalue weighted by atomic mass is 32.2. The van der Waals surface area contributed by atoms with E-state index in [-0.39, 0.29) is 11.6 Å². The Morgan fingerprint density at radius 3 is 2.61 bits per heavy atom. The van der Waals surface area contributed by atoms with Crippen LogP contribution >= 0.6 is 0 Å². The highest BCUT2D eigenvalue weighted by Crippen LogP contribution is 2.38. The lowest BCUT2D eigenvalue weighted by molar-refractivity contribution is -0.122. The van der Waals surface area contributed by atoms with Gasteiger partial charge in [0.05, 0.1) is 6.04 Å². The van der Waals surface area contributed by atoms with Crippen LogP contribution in [0.1, 0.15) is 57.7 Å². The molecule has 3 atom stereocenters. The van der Waals surface area contributed by atoms with Crippen LogP contribution in [-0.2, 0) is 22.0 Å². The summed E-state index contributed by atoms with van der Waals surface area (Å²) < 4.78 is 49.0. The standard InChI is InChI=1S/C17H25F2NO2S/c1-12(20-23(21)16(2,3)4)13-7-5-8-14(11-13)17(18,19)15-9-6-10-22-15/h5,7-8,11-12,15,20H,6,9-10H2,1-4H3/t12-,15?,23?/m0/s1. The van der Waals surface area contributed by atoms with Gasteiger partial charge in [0.25, 0.3) is 5.92 Å². The zero-order valence-electron chi connectivity index (χ0n) is 14.1. The fraction of sp³-hybridized carbons (Fsp3) is 0.647. The van der Waals surface area contributed by atoms with Gasteiger partial charge in [0.2, 0.25) is 0 Å². The number of ether oxygens (including phenoxy) is 1. The van der Waals surface area contributed by atoms with Crippen molar-refractivity contribution in [2.75, 3.05) is 6.61 Å². The van der Waals surface area contributed by atoms with Crippen molar-refractivity contribution in [1.82, 2.24) is 4.72 Å². The van der Waals surface area contributed by atoms with Gasteiger partial charge in [-0.1, -0.05) is 18.2 Å². The molecule has 130 valence electrons. The van der Waals surface area contributed by atoms with E-state index in [1.807, 2.05) is 27.7 Å². The van der Waals surface area contributed by atoms with Crippen LogP contribution < -0.4 is 4.72 Å². The first kappa shape index (κ1) is 18.6.